The third-order valence-corrected chi connectivity index (χ3v) is 6.95. The van der Waals surface area contributed by atoms with E-state index in [9.17, 15) is 9.90 Å². The van der Waals surface area contributed by atoms with Crippen molar-refractivity contribution in [3.05, 3.63) is 0 Å². The van der Waals surface area contributed by atoms with Gasteiger partial charge in [-0.2, -0.15) is 0 Å². The number of carboxylic acid groups (broad SMARTS) is 1. The number of rotatable bonds is 12. The zero-order valence-corrected chi connectivity index (χ0v) is 16.1. The van der Waals surface area contributed by atoms with Crippen molar-refractivity contribution in [2.24, 2.45) is 17.8 Å². The second-order valence-corrected chi connectivity index (χ2v) is 8.73. The van der Waals surface area contributed by atoms with Gasteiger partial charge in [-0.25, -0.2) is 0 Å². The molecule has 3 rings (SSSR count). The van der Waals surface area contributed by atoms with Gasteiger partial charge in [0.1, 0.15) is 0 Å². The van der Waals surface area contributed by atoms with E-state index in [1.165, 1.54) is 51.4 Å². The van der Waals surface area contributed by atoms with Crippen molar-refractivity contribution >= 4 is 5.97 Å². The highest BCUT2D eigenvalue weighted by atomic mass is 16.5. The average molecular weight is 368 g/mol. The van der Waals surface area contributed by atoms with Crippen LogP contribution in [0.3, 0.4) is 0 Å². The Morgan fingerprint density at radius 3 is 2.42 bits per heavy atom. The lowest BCUT2D eigenvalue weighted by molar-refractivity contribution is -0.137. The summed E-state index contributed by atoms with van der Waals surface area (Å²) in [5, 5.41) is 22.6. The van der Waals surface area contributed by atoms with Crippen LogP contribution in [-0.2, 0) is 9.53 Å². The van der Waals surface area contributed by atoms with Crippen LogP contribution in [0.15, 0.2) is 0 Å². The predicted octanol–water partition coefficient (Wildman–Crippen LogP) is 3.35. The van der Waals surface area contributed by atoms with Crippen LogP contribution in [0.2, 0.25) is 0 Å². The maximum atomic E-state index is 10.6. The molecule has 26 heavy (non-hydrogen) atoms. The molecule has 3 N–H and O–H groups in total. The van der Waals surface area contributed by atoms with Crippen LogP contribution in [0.1, 0.15) is 77.0 Å². The summed E-state index contributed by atoms with van der Waals surface area (Å²) in [6.45, 7) is 1.69. The molecule has 2 bridgehead atoms. The van der Waals surface area contributed by atoms with E-state index in [1.807, 2.05) is 0 Å². The lowest BCUT2D eigenvalue weighted by Crippen LogP contribution is -2.39. The Labute approximate surface area is 157 Å². The third kappa shape index (κ3) is 5.43. The van der Waals surface area contributed by atoms with E-state index in [0.29, 0.717) is 36.4 Å². The summed E-state index contributed by atoms with van der Waals surface area (Å²) in [5.41, 5.74) is 0. The minimum Gasteiger partial charge on any atom is -0.481 e. The Bertz CT molecular complexity index is 438. The molecule has 3 aliphatic rings. The number of hydrogen-bond donors (Lipinski definition) is 3. The third-order valence-electron chi connectivity index (χ3n) is 6.95. The summed E-state index contributed by atoms with van der Waals surface area (Å²) in [5.74, 6) is 1.05. The average Bonchev–Trinajstić information content (AvgIpc) is 3.35. The normalized spacial score (nSPS) is 32.3. The smallest absolute Gasteiger partial charge is 0.303 e. The fourth-order valence-corrected chi connectivity index (χ4v) is 5.47. The topological polar surface area (TPSA) is 78.8 Å². The van der Waals surface area contributed by atoms with Crippen LogP contribution >= 0.6 is 0 Å². The van der Waals surface area contributed by atoms with Crippen molar-refractivity contribution in [2.75, 3.05) is 13.1 Å². The molecule has 0 aromatic heterocycles. The number of unbranched alkanes of at least 4 members (excludes halogenated alkanes) is 3. The van der Waals surface area contributed by atoms with Crippen LogP contribution in [0, 0.1) is 17.8 Å². The van der Waals surface area contributed by atoms with Gasteiger partial charge in [0.15, 0.2) is 0 Å². The van der Waals surface area contributed by atoms with E-state index in [0.717, 1.165) is 32.4 Å². The highest BCUT2D eigenvalue weighted by Crippen LogP contribution is 2.45. The molecule has 1 aliphatic carbocycles. The first-order valence-corrected chi connectivity index (χ1v) is 10.9. The van der Waals surface area contributed by atoms with Crippen molar-refractivity contribution in [3.8, 4) is 0 Å². The number of hydrogen-bond acceptors (Lipinski definition) is 4. The molecule has 0 spiro atoms. The zero-order valence-electron chi connectivity index (χ0n) is 16.1. The van der Waals surface area contributed by atoms with Gasteiger partial charge in [-0.3, -0.25) is 4.79 Å². The lowest BCUT2D eigenvalue weighted by Gasteiger charge is -2.29. The fourth-order valence-electron chi connectivity index (χ4n) is 5.47. The second-order valence-electron chi connectivity index (χ2n) is 8.73. The number of aliphatic hydroxyl groups excluding tert-OH is 1. The zero-order chi connectivity index (χ0) is 18.4. The van der Waals surface area contributed by atoms with E-state index < -0.39 is 5.97 Å². The highest BCUT2D eigenvalue weighted by Gasteiger charge is 2.47. The van der Waals surface area contributed by atoms with Gasteiger partial charge in [-0.15, -0.1) is 0 Å². The molecule has 2 aliphatic heterocycles. The number of fused-ring (bicyclic) bond motifs is 2. The SMILES string of the molecule is O=C(O)CCCCCC[C@@H]1[C@@H](CNCC(O)C2CCCC2)[C@H]2CC[C@@H]1O2. The summed E-state index contributed by atoms with van der Waals surface area (Å²) in [6.07, 6.45) is 13.6. The number of aliphatic carboxylic acids is 1. The number of nitrogens with one attached hydrogen (secondary N) is 1. The molecule has 0 radical (unpaired) electrons. The summed E-state index contributed by atoms with van der Waals surface area (Å²) in [7, 11) is 0. The Morgan fingerprint density at radius 1 is 1.00 bits per heavy atom. The van der Waals surface area contributed by atoms with Crippen molar-refractivity contribution in [2.45, 2.75) is 95.4 Å². The molecular formula is C21H37NO4. The number of aliphatic hydroxyl groups is 1. The number of ether oxygens (including phenoxy) is 1. The maximum Gasteiger partial charge on any atom is 0.303 e. The van der Waals surface area contributed by atoms with Crippen molar-refractivity contribution in [3.63, 3.8) is 0 Å². The van der Waals surface area contributed by atoms with Gasteiger partial charge in [-0.05, 0) is 50.4 Å². The molecule has 0 amide bonds. The van der Waals surface area contributed by atoms with E-state index in [2.05, 4.69) is 5.32 Å². The first-order chi connectivity index (χ1) is 12.6. The molecule has 150 valence electrons. The van der Waals surface area contributed by atoms with E-state index in [4.69, 9.17) is 9.84 Å². The van der Waals surface area contributed by atoms with Gasteiger partial charge in [0, 0.05) is 25.4 Å². The first-order valence-electron chi connectivity index (χ1n) is 10.9. The van der Waals surface area contributed by atoms with Gasteiger partial charge < -0.3 is 20.3 Å². The van der Waals surface area contributed by atoms with Gasteiger partial charge in [0.05, 0.1) is 18.3 Å². The fraction of sp³-hybridized carbons (Fsp3) is 0.952. The Hall–Kier alpha value is -0.650. The monoisotopic (exact) mass is 367 g/mol. The van der Waals surface area contributed by atoms with Crippen molar-refractivity contribution in [1.29, 1.82) is 0 Å². The van der Waals surface area contributed by atoms with Gasteiger partial charge in [0.2, 0.25) is 0 Å². The molecule has 1 unspecified atom stereocenters. The van der Waals surface area contributed by atoms with Crippen molar-refractivity contribution < 1.29 is 19.7 Å². The van der Waals surface area contributed by atoms with E-state index in [-0.39, 0.29) is 6.10 Å². The van der Waals surface area contributed by atoms with Crippen LogP contribution in [-0.4, -0.2) is 47.6 Å². The van der Waals surface area contributed by atoms with Crippen LogP contribution in [0.25, 0.3) is 0 Å². The lowest BCUT2D eigenvalue weighted by atomic mass is 9.76. The molecule has 5 nitrogen and oxygen atoms in total. The minimum absolute atomic E-state index is 0.190. The highest BCUT2D eigenvalue weighted by molar-refractivity contribution is 5.66. The quantitative estimate of drug-likeness (QED) is 0.461. The Balaban J connectivity index is 1.34. The number of carboxylic acids is 1. The van der Waals surface area contributed by atoms with E-state index in [1.54, 1.807) is 0 Å². The molecule has 5 heteroatoms. The van der Waals surface area contributed by atoms with Crippen LogP contribution in [0.5, 0.6) is 0 Å². The van der Waals surface area contributed by atoms with Gasteiger partial charge in [0.25, 0.3) is 0 Å². The first kappa shape index (κ1) is 20.1. The molecule has 5 atom stereocenters. The molecule has 0 aromatic carbocycles. The van der Waals surface area contributed by atoms with Crippen molar-refractivity contribution in [1.82, 2.24) is 5.32 Å². The van der Waals surface area contributed by atoms with Gasteiger partial charge >= 0.3 is 5.97 Å². The van der Waals surface area contributed by atoms with Crippen LogP contribution < -0.4 is 5.32 Å². The summed E-state index contributed by atoms with van der Waals surface area (Å²) < 4.78 is 6.18. The molecule has 0 aromatic rings. The molecule has 3 fully saturated rings. The summed E-state index contributed by atoms with van der Waals surface area (Å²) >= 11 is 0. The van der Waals surface area contributed by atoms with E-state index >= 15 is 0 Å². The second kappa shape index (κ2) is 10.0. The Morgan fingerprint density at radius 2 is 1.69 bits per heavy atom. The van der Waals surface area contributed by atoms with Crippen LogP contribution in [0.4, 0.5) is 0 Å². The molecule has 1 saturated carbocycles. The number of carbonyl (C=O) groups is 1. The molecule has 2 saturated heterocycles. The standard InChI is InChI=1S/C21H37NO4/c23-18(15-7-5-6-8-15)14-22-13-17-16(19-11-12-20(17)26-19)9-3-1-2-4-10-21(24)25/h15-20,22-23H,1-14H2,(H,24,25)/t16-,17-,18?,19+,20-/m1/s1. The summed E-state index contributed by atoms with van der Waals surface area (Å²) in [4.78, 5) is 10.6. The predicted molar refractivity (Wildman–Crippen MR) is 101 cm³/mol. The maximum absolute atomic E-state index is 10.6. The molecule has 2 heterocycles. The largest absolute Gasteiger partial charge is 0.481 e. The Kier molecular flexibility index (Phi) is 7.77. The summed E-state index contributed by atoms with van der Waals surface area (Å²) in [6, 6.07) is 0. The minimum atomic E-state index is -0.683. The molecular weight excluding hydrogens is 330 g/mol. The van der Waals surface area contributed by atoms with Gasteiger partial charge in [-0.1, -0.05) is 32.1 Å².